The van der Waals surface area contributed by atoms with E-state index >= 15 is 0 Å². The number of carbonyl (C=O) groups is 2. The van der Waals surface area contributed by atoms with Crippen molar-refractivity contribution in [2.75, 3.05) is 13.1 Å². The van der Waals surface area contributed by atoms with Gasteiger partial charge in [-0.15, -0.1) is 0 Å². The number of halogens is 1. The van der Waals surface area contributed by atoms with Crippen LogP contribution in [0.2, 0.25) is 0 Å². The standard InChI is InChI=1S/C13H20FNO4/c1-12(2,3)19-11(18)15-6-8-4-9(7-15)13(14,5-8)10(16)17/h8-9H,4-7H2,1-3H3,(H,16,17)/t8-,9-,13-/m1/s1. The van der Waals surface area contributed by atoms with E-state index in [0.29, 0.717) is 13.0 Å². The molecule has 19 heavy (non-hydrogen) atoms. The van der Waals surface area contributed by atoms with Gasteiger partial charge in [0.2, 0.25) is 5.67 Å². The van der Waals surface area contributed by atoms with E-state index in [2.05, 4.69) is 0 Å². The highest BCUT2D eigenvalue weighted by atomic mass is 19.1. The molecule has 1 heterocycles. The largest absolute Gasteiger partial charge is 0.479 e. The molecule has 2 bridgehead atoms. The number of ether oxygens (including phenoxy) is 1. The molecule has 0 spiro atoms. The zero-order chi connectivity index (χ0) is 14.4. The van der Waals surface area contributed by atoms with Gasteiger partial charge in [-0.1, -0.05) is 0 Å². The van der Waals surface area contributed by atoms with Crippen LogP contribution in [0.25, 0.3) is 0 Å². The fourth-order valence-electron chi connectivity index (χ4n) is 3.01. The highest BCUT2D eigenvalue weighted by Crippen LogP contribution is 2.46. The molecule has 3 atom stereocenters. The lowest BCUT2D eigenvalue weighted by atomic mass is 9.92. The number of piperidine rings is 1. The summed E-state index contributed by atoms with van der Waals surface area (Å²) >= 11 is 0. The quantitative estimate of drug-likeness (QED) is 0.794. The SMILES string of the molecule is CC(C)(C)OC(=O)N1C[C@@H]2C[C@H](C1)[C@@](F)(C(=O)O)C2. The predicted octanol–water partition coefficient (Wildman–Crippen LogP) is 2.06. The second-order valence-electron chi connectivity index (χ2n) is 6.56. The normalized spacial score (nSPS) is 34.2. The summed E-state index contributed by atoms with van der Waals surface area (Å²) in [6, 6.07) is 0. The van der Waals surface area contributed by atoms with E-state index < -0.39 is 29.3 Å². The summed E-state index contributed by atoms with van der Waals surface area (Å²) in [5, 5.41) is 9.02. The molecule has 0 radical (unpaired) electrons. The van der Waals surface area contributed by atoms with Gasteiger partial charge in [-0.3, -0.25) is 0 Å². The van der Waals surface area contributed by atoms with Crippen LogP contribution in [0.4, 0.5) is 9.18 Å². The van der Waals surface area contributed by atoms with Crippen molar-refractivity contribution in [2.24, 2.45) is 11.8 Å². The fraction of sp³-hybridized carbons (Fsp3) is 0.846. The van der Waals surface area contributed by atoms with Gasteiger partial charge >= 0.3 is 12.1 Å². The molecule has 2 fully saturated rings. The molecule has 0 aromatic heterocycles. The number of carbonyl (C=O) groups excluding carboxylic acids is 1. The monoisotopic (exact) mass is 273 g/mol. The summed E-state index contributed by atoms with van der Waals surface area (Å²) in [5.74, 6) is -2.13. The van der Waals surface area contributed by atoms with Crippen molar-refractivity contribution in [2.45, 2.75) is 44.9 Å². The summed E-state index contributed by atoms with van der Waals surface area (Å²) in [4.78, 5) is 24.4. The first-order valence-corrected chi connectivity index (χ1v) is 6.52. The summed E-state index contributed by atoms with van der Waals surface area (Å²) in [6.45, 7) is 5.79. The summed E-state index contributed by atoms with van der Waals surface area (Å²) in [6.07, 6.45) is 0.0332. The third-order valence-electron chi connectivity index (χ3n) is 3.78. The Morgan fingerprint density at radius 2 is 2.00 bits per heavy atom. The van der Waals surface area contributed by atoms with Crippen LogP contribution in [0.1, 0.15) is 33.6 Å². The molecule has 108 valence electrons. The number of likely N-dealkylation sites (tertiary alicyclic amines) is 1. The number of alkyl halides is 1. The second-order valence-corrected chi connectivity index (χ2v) is 6.56. The van der Waals surface area contributed by atoms with Crippen LogP contribution in [0, 0.1) is 11.8 Å². The lowest BCUT2D eigenvalue weighted by Gasteiger charge is -2.34. The highest BCUT2D eigenvalue weighted by Gasteiger charge is 2.57. The van der Waals surface area contributed by atoms with Gasteiger partial charge < -0.3 is 14.7 Å². The molecule has 2 aliphatic rings. The minimum atomic E-state index is -2.19. The average Bonchev–Trinajstić information content (AvgIpc) is 2.47. The van der Waals surface area contributed by atoms with Crippen LogP contribution in [0.15, 0.2) is 0 Å². The van der Waals surface area contributed by atoms with Crippen molar-refractivity contribution in [3.05, 3.63) is 0 Å². The number of nitrogens with zero attached hydrogens (tertiary/aromatic N) is 1. The molecule has 0 aromatic rings. The van der Waals surface area contributed by atoms with Gasteiger partial charge in [-0.25, -0.2) is 14.0 Å². The van der Waals surface area contributed by atoms with Gasteiger partial charge in [0.25, 0.3) is 0 Å². The molecule has 1 N–H and O–H groups in total. The second kappa shape index (κ2) is 4.35. The van der Waals surface area contributed by atoms with Gasteiger partial charge in [0.15, 0.2) is 0 Å². The molecule has 5 nitrogen and oxygen atoms in total. The average molecular weight is 273 g/mol. The van der Waals surface area contributed by atoms with Crippen LogP contribution in [-0.4, -0.2) is 46.4 Å². The van der Waals surface area contributed by atoms with Gasteiger partial charge in [0.1, 0.15) is 5.60 Å². The Bertz CT molecular complexity index is 406. The molecule has 6 heteroatoms. The van der Waals surface area contributed by atoms with Crippen molar-refractivity contribution in [3.8, 4) is 0 Å². The van der Waals surface area contributed by atoms with Gasteiger partial charge in [-0.2, -0.15) is 0 Å². The Morgan fingerprint density at radius 3 is 2.53 bits per heavy atom. The van der Waals surface area contributed by atoms with Crippen molar-refractivity contribution in [1.82, 2.24) is 4.90 Å². The Kier molecular flexibility index (Phi) is 3.23. The topological polar surface area (TPSA) is 66.8 Å². The Labute approximate surface area is 111 Å². The maximum atomic E-state index is 14.4. The van der Waals surface area contributed by atoms with E-state index in [9.17, 15) is 14.0 Å². The van der Waals surface area contributed by atoms with Crippen LogP contribution in [0.3, 0.4) is 0 Å². The number of hydrogen-bond donors (Lipinski definition) is 1. The van der Waals surface area contributed by atoms with Crippen molar-refractivity contribution in [3.63, 3.8) is 0 Å². The number of carboxylic acid groups (broad SMARTS) is 1. The van der Waals surface area contributed by atoms with Crippen molar-refractivity contribution >= 4 is 12.1 Å². The summed E-state index contributed by atoms with van der Waals surface area (Å²) in [5.41, 5.74) is -2.80. The molecule has 1 aliphatic heterocycles. The van der Waals surface area contributed by atoms with Crippen LogP contribution < -0.4 is 0 Å². The van der Waals surface area contributed by atoms with E-state index in [1.165, 1.54) is 4.90 Å². The van der Waals surface area contributed by atoms with Crippen LogP contribution in [-0.2, 0) is 9.53 Å². The molecule has 0 aromatic carbocycles. The highest BCUT2D eigenvalue weighted by molar-refractivity contribution is 5.79. The first-order valence-electron chi connectivity index (χ1n) is 6.52. The van der Waals surface area contributed by atoms with Crippen LogP contribution in [0.5, 0.6) is 0 Å². The van der Waals surface area contributed by atoms with Crippen molar-refractivity contribution in [1.29, 1.82) is 0 Å². The maximum Gasteiger partial charge on any atom is 0.410 e. The van der Waals surface area contributed by atoms with E-state index in [1.807, 2.05) is 0 Å². The number of rotatable bonds is 1. The molecule has 1 aliphatic carbocycles. The molecule has 0 unspecified atom stereocenters. The van der Waals surface area contributed by atoms with E-state index in [-0.39, 0.29) is 18.9 Å². The molecule has 1 saturated carbocycles. The molecular weight excluding hydrogens is 253 g/mol. The first-order chi connectivity index (χ1) is 8.62. The lowest BCUT2D eigenvalue weighted by Crippen LogP contribution is -2.47. The Hall–Kier alpha value is -1.33. The van der Waals surface area contributed by atoms with E-state index in [0.717, 1.165) is 0 Å². The van der Waals surface area contributed by atoms with Crippen molar-refractivity contribution < 1.29 is 23.8 Å². The van der Waals surface area contributed by atoms with Gasteiger partial charge in [0, 0.05) is 19.0 Å². The Morgan fingerprint density at radius 1 is 1.37 bits per heavy atom. The van der Waals surface area contributed by atoms with E-state index in [4.69, 9.17) is 9.84 Å². The Balaban J connectivity index is 2.07. The zero-order valence-corrected chi connectivity index (χ0v) is 11.5. The molecule has 2 rings (SSSR count). The zero-order valence-electron chi connectivity index (χ0n) is 11.5. The number of hydrogen-bond acceptors (Lipinski definition) is 3. The number of aliphatic carboxylic acids is 1. The molecule has 1 amide bonds. The lowest BCUT2D eigenvalue weighted by molar-refractivity contribution is -0.153. The minimum Gasteiger partial charge on any atom is -0.479 e. The summed E-state index contributed by atoms with van der Waals surface area (Å²) in [7, 11) is 0. The smallest absolute Gasteiger partial charge is 0.410 e. The molecule has 1 saturated heterocycles. The van der Waals surface area contributed by atoms with E-state index in [1.54, 1.807) is 20.8 Å². The number of carboxylic acids is 1. The summed E-state index contributed by atoms with van der Waals surface area (Å²) < 4.78 is 19.6. The predicted molar refractivity (Wildman–Crippen MR) is 65.5 cm³/mol. The third-order valence-corrected chi connectivity index (χ3v) is 3.78. The minimum absolute atomic E-state index is 0.00764. The first kappa shape index (κ1) is 14.1. The maximum absolute atomic E-state index is 14.4. The molecular formula is C13H20FNO4. The third kappa shape index (κ3) is 2.67. The van der Waals surface area contributed by atoms with Crippen LogP contribution >= 0.6 is 0 Å². The fourth-order valence-corrected chi connectivity index (χ4v) is 3.01. The number of amides is 1. The number of fused-ring (bicyclic) bond motifs is 2. The van der Waals surface area contributed by atoms with Gasteiger partial charge in [-0.05, 0) is 39.5 Å². The van der Waals surface area contributed by atoms with Gasteiger partial charge in [0.05, 0.1) is 0 Å².